The van der Waals surface area contributed by atoms with Crippen LogP contribution in [0.2, 0.25) is 0 Å². The summed E-state index contributed by atoms with van der Waals surface area (Å²) in [7, 11) is 0. The fourth-order valence-corrected chi connectivity index (χ4v) is 3.78. The van der Waals surface area contributed by atoms with Gasteiger partial charge in [0.2, 0.25) is 5.91 Å². The summed E-state index contributed by atoms with van der Waals surface area (Å²) in [5.41, 5.74) is -0.0736. The molecule has 4 rings (SSSR count). The van der Waals surface area contributed by atoms with E-state index < -0.39 is 0 Å². The molecular formula is C19H25NO3. The molecule has 23 heavy (non-hydrogen) atoms. The van der Waals surface area contributed by atoms with Crippen LogP contribution in [0.1, 0.15) is 38.5 Å². The second kappa shape index (κ2) is 6.16. The van der Waals surface area contributed by atoms with Gasteiger partial charge in [-0.2, -0.15) is 0 Å². The van der Waals surface area contributed by atoms with E-state index in [9.17, 15) is 4.79 Å². The molecule has 3 fully saturated rings. The summed E-state index contributed by atoms with van der Waals surface area (Å²) in [5.74, 6) is 1.93. The van der Waals surface area contributed by atoms with E-state index >= 15 is 0 Å². The third kappa shape index (κ3) is 3.52. The third-order valence-corrected chi connectivity index (χ3v) is 5.41. The minimum Gasteiger partial charge on any atom is -0.488 e. The molecule has 4 heteroatoms. The highest BCUT2D eigenvalue weighted by molar-refractivity contribution is 5.76. The van der Waals surface area contributed by atoms with Crippen LogP contribution < -0.4 is 4.74 Å². The van der Waals surface area contributed by atoms with Crippen LogP contribution in [0.15, 0.2) is 30.3 Å². The number of para-hydroxylation sites is 1. The standard InChI is InChI=1S/C19H25NO3/c21-18(12-15-6-7-15)20-10-8-19(9-11-20)13-17(14-22-19)23-16-4-2-1-3-5-16/h1-5,15,17H,6-14H2. The van der Waals surface area contributed by atoms with Gasteiger partial charge >= 0.3 is 0 Å². The predicted octanol–water partition coefficient (Wildman–Crippen LogP) is 3.02. The Balaban J connectivity index is 1.28. The molecule has 1 aromatic carbocycles. The zero-order valence-corrected chi connectivity index (χ0v) is 13.6. The zero-order chi connectivity index (χ0) is 15.7. The lowest BCUT2D eigenvalue weighted by Crippen LogP contribution is -2.46. The number of ether oxygens (including phenoxy) is 2. The molecule has 0 radical (unpaired) electrons. The number of hydrogen-bond donors (Lipinski definition) is 0. The Labute approximate surface area is 137 Å². The number of benzene rings is 1. The summed E-state index contributed by atoms with van der Waals surface area (Å²) in [6.07, 6.45) is 6.19. The van der Waals surface area contributed by atoms with Crippen molar-refractivity contribution in [2.45, 2.75) is 50.2 Å². The first-order chi connectivity index (χ1) is 11.2. The molecule has 1 atom stereocenters. The fourth-order valence-electron chi connectivity index (χ4n) is 3.78. The van der Waals surface area contributed by atoms with Gasteiger partial charge in [-0.05, 0) is 43.7 Å². The molecule has 1 aromatic rings. The second-order valence-electron chi connectivity index (χ2n) is 7.28. The van der Waals surface area contributed by atoms with Crippen LogP contribution in [0.25, 0.3) is 0 Å². The van der Waals surface area contributed by atoms with Crippen molar-refractivity contribution < 1.29 is 14.3 Å². The summed E-state index contributed by atoms with van der Waals surface area (Å²) in [5, 5.41) is 0. The number of carbonyl (C=O) groups is 1. The van der Waals surface area contributed by atoms with Crippen molar-refractivity contribution in [3.8, 4) is 5.75 Å². The maximum atomic E-state index is 12.2. The Morgan fingerprint density at radius 3 is 2.65 bits per heavy atom. The summed E-state index contributed by atoms with van der Waals surface area (Å²) in [6.45, 7) is 2.33. The predicted molar refractivity (Wildman–Crippen MR) is 87.3 cm³/mol. The first-order valence-corrected chi connectivity index (χ1v) is 8.86. The lowest BCUT2D eigenvalue weighted by Gasteiger charge is -2.38. The molecule has 2 saturated heterocycles. The number of hydrogen-bond acceptors (Lipinski definition) is 3. The van der Waals surface area contributed by atoms with Crippen molar-refractivity contribution in [3.63, 3.8) is 0 Å². The molecule has 1 spiro atoms. The molecule has 0 bridgehead atoms. The highest BCUT2D eigenvalue weighted by Crippen LogP contribution is 2.38. The molecule has 4 nitrogen and oxygen atoms in total. The molecule has 0 N–H and O–H groups in total. The zero-order valence-electron chi connectivity index (χ0n) is 13.6. The van der Waals surface area contributed by atoms with Crippen LogP contribution in [0.3, 0.4) is 0 Å². The van der Waals surface area contributed by atoms with Gasteiger partial charge in [0.25, 0.3) is 0 Å². The van der Waals surface area contributed by atoms with E-state index in [4.69, 9.17) is 9.47 Å². The Hall–Kier alpha value is -1.55. The van der Waals surface area contributed by atoms with Gasteiger partial charge in [0.05, 0.1) is 12.2 Å². The number of rotatable bonds is 4. The SMILES string of the molecule is O=C(CC1CC1)N1CCC2(CC1)CC(Oc1ccccc1)CO2. The van der Waals surface area contributed by atoms with E-state index in [-0.39, 0.29) is 11.7 Å². The van der Waals surface area contributed by atoms with Gasteiger partial charge in [0, 0.05) is 25.9 Å². The van der Waals surface area contributed by atoms with Crippen molar-refractivity contribution in [3.05, 3.63) is 30.3 Å². The lowest BCUT2D eigenvalue weighted by molar-refractivity contribution is -0.136. The van der Waals surface area contributed by atoms with Crippen molar-refractivity contribution in [1.29, 1.82) is 0 Å². The molecular weight excluding hydrogens is 290 g/mol. The molecule has 0 aromatic heterocycles. The van der Waals surface area contributed by atoms with E-state index in [1.165, 1.54) is 12.8 Å². The Morgan fingerprint density at radius 2 is 1.96 bits per heavy atom. The van der Waals surface area contributed by atoms with E-state index in [2.05, 4.69) is 0 Å². The lowest BCUT2D eigenvalue weighted by atomic mass is 9.88. The fraction of sp³-hybridized carbons (Fsp3) is 0.632. The summed E-state index contributed by atoms with van der Waals surface area (Å²) < 4.78 is 12.2. The number of carbonyl (C=O) groups excluding carboxylic acids is 1. The van der Waals surface area contributed by atoms with E-state index in [1.807, 2.05) is 35.2 Å². The highest BCUT2D eigenvalue weighted by Gasteiger charge is 2.44. The quantitative estimate of drug-likeness (QED) is 0.857. The van der Waals surface area contributed by atoms with E-state index in [0.717, 1.165) is 44.5 Å². The molecule has 1 amide bonds. The molecule has 1 aliphatic carbocycles. The van der Waals surface area contributed by atoms with Gasteiger partial charge in [-0.1, -0.05) is 18.2 Å². The van der Waals surface area contributed by atoms with Crippen LogP contribution in [-0.2, 0) is 9.53 Å². The summed E-state index contributed by atoms with van der Waals surface area (Å²) in [6, 6.07) is 9.96. The molecule has 1 unspecified atom stereocenters. The Morgan fingerprint density at radius 1 is 1.22 bits per heavy atom. The van der Waals surface area contributed by atoms with Gasteiger partial charge < -0.3 is 14.4 Å². The monoisotopic (exact) mass is 315 g/mol. The average Bonchev–Trinajstić information content (AvgIpc) is 3.31. The third-order valence-electron chi connectivity index (χ3n) is 5.41. The molecule has 1 saturated carbocycles. The van der Waals surface area contributed by atoms with Crippen molar-refractivity contribution in [1.82, 2.24) is 4.90 Å². The Bertz CT molecular complexity index is 547. The number of nitrogens with zero attached hydrogens (tertiary/aromatic N) is 1. The average molecular weight is 315 g/mol. The van der Waals surface area contributed by atoms with Gasteiger partial charge in [-0.25, -0.2) is 0 Å². The first-order valence-electron chi connectivity index (χ1n) is 8.86. The van der Waals surface area contributed by atoms with Gasteiger partial charge in [-0.3, -0.25) is 4.79 Å². The number of piperidine rings is 1. The minimum absolute atomic E-state index is 0.0736. The van der Waals surface area contributed by atoms with Crippen molar-refractivity contribution in [2.24, 2.45) is 5.92 Å². The van der Waals surface area contributed by atoms with Crippen LogP contribution in [-0.4, -0.2) is 42.2 Å². The van der Waals surface area contributed by atoms with Gasteiger partial charge in [0.15, 0.2) is 0 Å². The molecule has 2 heterocycles. The van der Waals surface area contributed by atoms with Crippen LogP contribution in [0.5, 0.6) is 5.75 Å². The molecule has 2 aliphatic heterocycles. The molecule has 124 valence electrons. The van der Waals surface area contributed by atoms with Gasteiger partial charge in [0.1, 0.15) is 11.9 Å². The van der Waals surface area contributed by atoms with E-state index in [1.54, 1.807) is 0 Å². The van der Waals surface area contributed by atoms with Crippen molar-refractivity contribution >= 4 is 5.91 Å². The summed E-state index contributed by atoms with van der Waals surface area (Å²) >= 11 is 0. The topological polar surface area (TPSA) is 38.8 Å². The normalized spacial score (nSPS) is 26.4. The molecule has 3 aliphatic rings. The number of likely N-dealkylation sites (tertiary alicyclic amines) is 1. The Kier molecular flexibility index (Phi) is 4.02. The van der Waals surface area contributed by atoms with Crippen LogP contribution >= 0.6 is 0 Å². The second-order valence-corrected chi connectivity index (χ2v) is 7.28. The summed E-state index contributed by atoms with van der Waals surface area (Å²) in [4.78, 5) is 14.3. The van der Waals surface area contributed by atoms with Gasteiger partial charge in [-0.15, -0.1) is 0 Å². The van der Waals surface area contributed by atoms with Crippen molar-refractivity contribution in [2.75, 3.05) is 19.7 Å². The van der Waals surface area contributed by atoms with Crippen LogP contribution in [0, 0.1) is 5.92 Å². The number of amides is 1. The highest BCUT2D eigenvalue weighted by atomic mass is 16.6. The van der Waals surface area contributed by atoms with Crippen LogP contribution in [0.4, 0.5) is 0 Å². The minimum atomic E-state index is -0.0736. The smallest absolute Gasteiger partial charge is 0.222 e. The maximum Gasteiger partial charge on any atom is 0.222 e. The maximum absolute atomic E-state index is 12.2. The first kappa shape index (κ1) is 15.0. The van der Waals surface area contributed by atoms with E-state index in [0.29, 0.717) is 18.4 Å². The largest absolute Gasteiger partial charge is 0.488 e.